The minimum atomic E-state index is -0.392. The zero-order valence-corrected chi connectivity index (χ0v) is 15.9. The van der Waals surface area contributed by atoms with E-state index in [4.69, 9.17) is 10.5 Å². The van der Waals surface area contributed by atoms with Crippen molar-refractivity contribution < 1.29 is 18.4 Å². The summed E-state index contributed by atoms with van der Waals surface area (Å²) >= 11 is 0. The normalized spacial score (nSPS) is 22.9. The Bertz CT molecular complexity index is 1080. The Morgan fingerprint density at radius 3 is 2.31 bits per heavy atom. The van der Waals surface area contributed by atoms with Crippen LogP contribution in [0.25, 0.3) is 6.08 Å². The van der Waals surface area contributed by atoms with Crippen LogP contribution in [-0.2, 0) is 4.74 Å². The first kappa shape index (κ1) is 18.9. The van der Waals surface area contributed by atoms with Crippen molar-refractivity contribution in [2.24, 2.45) is 5.73 Å². The average Bonchev–Trinajstić information content (AvgIpc) is 2.70. The Hall–Kier alpha value is -3.43. The van der Waals surface area contributed by atoms with Gasteiger partial charge in [0, 0.05) is 11.1 Å². The molecular weight excluding hydrogens is 372 g/mol. The Balaban J connectivity index is 1.85. The quantitative estimate of drug-likeness (QED) is 0.826. The Kier molecular flexibility index (Phi) is 4.91. The zero-order chi connectivity index (χ0) is 20.5. The van der Waals surface area contributed by atoms with Crippen molar-refractivity contribution in [2.45, 2.75) is 5.92 Å². The minimum Gasteiger partial charge on any atom is -0.440 e. The lowest BCUT2D eigenvalue weighted by Crippen LogP contribution is -3.10. The number of halogens is 2. The van der Waals surface area contributed by atoms with Crippen LogP contribution in [0.2, 0.25) is 0 Å². The van der Waals surface area contributed by atoms with Crippen LogP contribution in [0.5, 0.6) is 0 Å². The number of benzene rings is 2. The van der Waals surface area contributed by atoms with E-state index in [-0.39, 0.29) is 17.5 Å². The molecule has 146 valence electrons. The number of allylic oxidation sites excluding steroid dienone is 1. The summed E-state index contributed by atoms with van der Waals surface area (Å²) in [7, 11) is 2.05. The lowest BCUT2D eigenvalue weighted by Gasteiger charge is -2.35. The fraction of sp³-hybridized carbons (Fsp3) is 0.174. The topological polar surface area (TPSA) is 63.5 Å². The van der Waals surface area contributed by atoms with E-state index in [1.54, 1.807) is 24.3 Å². The largest absolute Gasteiger partial charge is 0.440 e. The lowest BCUT2D eigenvalue weighted by atomic mass is 9.80. The summed E-state index contributed by atoms with van der Waals surface area (Å²) in [6.07, 6.45) is 1.95. The highest BCUT2D eigenvalue weighted by molar-refractivity contribution is 5.62. The van der Waals surface area contributed by atoms with Crippen LogP contribution in [0.4, 0.5) is 8.78 Å². The van der Waals surface area contributed by atoms with E-state index in [0.717, 1.165) is 22.3 Å². The van der Waals surface area contributed by atoms with E-state index >= 15 is 0 Å². The van der Waals surface area contributed by atoms with Crippen LogP contribution in [0.1, 0.15) is 17.0 Å². The maximum Gasteiger partial charge on any atom is 0.205 e. The first-order chi connectivity index (χ1) is 14.0. The highest BCUT2D eigenvalue weighted by Gasteiger charge is 2.38. The Morgan fingerprint density at radius 1 is 1.07 bits per heavy atom. The molecule has 0 fully saturated rings. The van der Waals surface area contributed by atoms with E-state index < -0.39 is 5.92 Å². The molecule has 1 unspecified atom stereocenters. The predicted molar refractivity (Wildman–Crippen MR) is 105 cm³/mol. The maximum atomic E-state index is 13.5. The second-order valence-corrected chi connectivity index (χ2v) is 7.36. The van der Waals surface area contributed by atoms with E-state index in [1.807, 2.05) is 6.08 Å². The molecule has 2 aliphatic heterocycles. The van der Waals surface area contributed by atoms with Gasteiger partial charge in [0.15, 0.2) is 0 Å². The van der Waals surface area contributed by atoms with Crippen molar-refractivity contribution >= 4 is 6.08 Å². The SMILES string of the molecule is C[NH+]1CC2=C(OC(N)=C(C#N)[C@H]2c2ccc(F)cc2)/C(=C\c2ccc(F)cc2)C1. The number of hydrogen-bond acceptors (Lipinski definition) is 3. The number of rotatable bonds is 2. The first-order valence-electron chi connectivity index (χ1n) is 9.30. The number of ether oxygens (including phenoxy) is 1. The van der Waals surface area contributed by atoms with Crippen LogP contribution in [-0.4, -0.2) is 20.1 Å². The number of quaternary nitrogens is 1. The third-order valence-corrected chi connectivity index (χ3v) is 5.22. The van der Waals surface area contributed by atoms with E-state index in [2.05, 4.69) is 13.1 Å². The van der Waals surface area contributed by atoms with Gasteiger partial charge in [0.1, 0.15) is 42.1 Å². The van der Waals surface area contributed by atoms with E-state index in [9.17, 15) is 14.0 Å². The number of hydrogen-bond donors (Lipinski definition) is 2. The third kappa shape index (κ3) is 3.65. The molecule has 0 amide bonds. The van der Waals surface area contributed by atoms with Crippen LogP contribution in [0.15, 0.2) is 76.9 Å². The van der Waals surface area contributed by atoms with Gasteiger partial charge in [-0.2, -0.15) is 5.26 Å². The summed E-state index contributed by atoms with van der Waals surface area (Å²) in [6, 6.07) is 14.5. The molecule has 3 N–H and O–H groups in total. The molecule has 29 heavy (non-hydrogen) atoms. The van der Waals surface area contributed by atoms with Crippen molar-refractivity contribution in [3.05, 3.63) is 99.7 Å². The Labute approximate surface area is 167 Å². The average molecular weight is 392 g/mol. The molecule has 2 aliphatic rings. The number of nitrogens with two attached hydrogens (primary N) is 1. The van der Waals surface area contributed by atoms with Crippen molar-refractivity contribution in [2.75, 3.05) is 20.1 Å². The molecule has 0 spiro atoms. The lowest BCUT2D eigenvalue weighted by molar-refractivity contribution is -0.871. The summed E-state index contributed by atoms with van der Waals surface area (Å²) in [4.78, 5) is 1.21. The standard InChI is InChI=1S/C23H19F2N3O/c1-28-12-16(10-14-2-6-17(24)7-3-14)22-20(13-28)21(19(11-26)23(27)29-22)15-4-8-18(25)9-5-15/h2-10,21H,12-13,27H2,1H3/p+1/b16-10-/t21-/m1/s1. The second kappa shape index (κ2) is 7.53. The van der Waals surface area contributed by atoms with Gasteiger partial charge < -0.3 is 15.4 Å². The van der Waals surface area contributed by atoms with Crippen molar-refractivity contribution in [3.63, 3.8) is 0 Å². The summed E-state index contributed by atoms with van der Waals surface area (Å²) < 4.78 is 32.6. The van der Waals surface area contributed by atoms with Crippen LogP contribution in [0.3, 0.4) is 0 Å². The van der Waals surface area contributed by atoms with Gasteiger partial charge in [0.05, 0.1) is 13.0 Å². The van der Waals surface area contributed by atoms with Crippen LogP contribution in [0, 0.1) is 23.0 Å². The molecule has 2 aromatic rings. The van der Waals surface area contributed by atoms with Gasteiger partial charge in [-0.3, -0.25) is 0 Å². The Morgan fingerprint density at radius 2 is 1.69 bits per heavy atom. The fourth-order valence-corrected chi connectivity index (χ4v) is 3.94. The number of nitriles is 1. The van der Waals surface area contributed by atoms with Gasteiger partial charge in [-0.1, -0.05) is 24.3 Å². The molecule has 0 radical (unpaired) electrons. The van der Waals surface area contributed by atoms with Gasteiger partial charge in [-0.05, 0) is 41.5 Å². The van der Waals surface area contributed by atoms with Crippen molar-refractivity contribution in [3.8, 4) is 6.07 Å². The predicted octanol–water partition coefficient (Wildman–Crippen LogP) is 2.64. The second-order valence-electron chi connectivity index (χ2n) is 7.36. The summed E-state index contributed by atoms with van der Waals surface area (Å²) in [5.41, 5.74) is 9.92. The monoisotopic (exact) mass is 392 g/mol. The smallest absolute Gasteiger partial charge is 0.205 e. The molecule has 0 bridgehead atoms. The molecule has 0 saturated heterocycles. The highest BCUT2D eigenvalue weighted by Crippen LogP contribution is 2.41. The molecule has 0 aromatic heterocycles. The van der Waals surface area contributed by atoms with Crippen molar-refractivity contribution in [1.29, 1.82) is 5.26 Å². The van der Waals surface area contributed by atoms with Crippen LogP contribution >= 0.6 is 0 Å². The molecule has 0 saturated carbocycles. The van der Waals surface area contributed by atoms with Gasteiger partial charge in [-0.25, -0.2) is 8.78 Å². The number of likely N-dealkylation sites (N-methyl/N-ethyl adjacent to an activating group) is 1. The highest BCUT2D eigenvalue weighted by atomic mass is 19.1. The molecule has 0 aliphatic carbocycles. The molecule has 2 atom stereocenters. The van der Waals surface area contributed by atoms with Crippen molar-refractivity contribution in [1.82, 2.24) is 0 Å². The molecule has 6 heteroatoms. The molecular formula is C23H20F2N3O+. The zero-order valence-electron chi connectivity index (χ0n) is 15.9. The van der Waals surface area contributed by atoms with Gasteiger partial charge >= 0.3 is 0 Å². The first-order valence-corrected chi connectivity index (χ1v) is 9.30. The summed E-state index contributed by atoms with van der Waals surface area (Å²) in [5.74, 6) is -0.324. The molecule has 4 rings (SSSR count). The summed E-state index contributed by atoms with van der Waals surface area (Å²) in [6.45, 7) is 1.36. The summed E-state index contributed by atoms with van der Waals surface area (Å²) in [5, 5.41) is 9.71. The number of nitrogens with one attached hydrogen (secondary N) is 1. The maximum absolute atomic E-state index is 13.5. The van der Waals surface area contributed by atoms with E-state index in [1.165, 1.54) is 29.2 Å². The minimum absolute atomic E-state index is 0.0603. The molecule has 2 aromatic carbocycles. The third-order valence-electron chi connectivity index (χ3n) is 5.22. The van der Waals surface area contributed by atoms with Gasteiger partial charge in [0.25, 0.3) is 0 Å². The molecule has 2 heterocycles. The van der Waals surface area contributed by atoms with Crippen LogP contribution < -0.4 is 10.6 Å². The van der Waals surface area contributed by atoms with Gasteiger partial charge in [-0.15, -0.1) is 0 Å². The molecule has 4 nitrogen and oxygen atoms in total. The fourth-order valence-electron chi connectivity index (χ4n) is 3.94. The van der Waals surface area contributed by atoms with Gasteiger partial charge in [0.2, 0.25) is 5.88 Å². The number of nitrogens with zero attached hydrogens (tertiary/aromatic N) is 1. The van der Waals surface area contributed by atoms with E-state index in [0.29, 0.717) is 24.4 Å².